The van der Waals surface area contributed by atoms with Crippen LogP contribution in [0.3, 0.4) is 0 Å². The van der Waals surface area contributed by atoms with Gasteiger partial charge in [-0.1, -0.05) is 0 Å². The summed E-state index contributed by atoms with van der Waals surface area (Å²) in [6.45, 7) is 3.62. The number of hydrogen-bond donors (Lipinski definition) is 1. The maximum Gasteiger partial charge on any atom is 0.113 e. The molecule has 6 nitrogen and oxygen atoms in total. The first-order chi connectivity index (χ1) is 12.8. The number of methoxy groups -OCH3 is 1. The van der Waals surface area contributed by atoms with Crippen molar-refractivity contribution in [2.24, 2.45) is 11.8 Å². The number of nitrogens with zero attached hydrogens (tertiary/aromatic N) is 4. The molecule has 1 saturated heterocycles. The molecule has 6 heteroatoms. The number of aromatic nitrogens is 2. The Balaban J connectivity index is 1.63. The summed E-state index contributed by atoms with van der Waals surface area (Å²) in [4.78, 5) is 11.4. The summed E-state index contributed by atoms with van der Waals surface area (Å²) in [7, 11) is 1.74. The van der Waals surface area contributed by atoms with Gasteiger partial charge in [0.05, 0.1) is 17.9 Å². The lowest BCUT2D eigenvalue weighted by atomic mass is 9.89. The lowest BCUT2D eigenvalue weighted by molar-refractivity contribution is 0.190. The van der Waals surface area contributed by atoms with Gasteiger partial charge in [0.1, 0.15) is 17.1 Å². The average molecular weight is 351 g/mol. The van der Waals surface area contributed by atoms with Crippen molar-refractivity contribution in [3.63, 3.8) is 0 Å². The van der Waals surface area contributed by atoms with Crippen LogP contribution in [-0.2, 0) is 4.74 Å². The number of benzene rings is 1. The molecule has 2 aliphatic rings. The molecule has 1 aromatic carbocycles. The fourth-order valence-corrected chi connectivity index (χ4v) is 4.15. The zero-order valence-corrected chi connectivity index (χ0v) is 15.2. The van der Waals surface area contributed by atoms with Gasteiger partial charge in [-0.2, -0.15) is 5.26 Å². The van der Waals surface area contributed by atoms with Gasteiger partial charge in [0.25, 0.3) is 0 Å². The minimum atomic E-state index is 0.451. The third kappa shape index (κ3) is 3.50. The van der Waals surface area contributed by atoms with Crippen molar-refractivity contribution in [1.29, 1.82) is 5.26 Å². The van der Waals surface area contributed by atoms with Gasteiger partial charge in [0, 0.05) is 45.2 Å². The Hall–Kier alpha value is -2.23. The van der Waals surface area contributed by atoms with E-state index in [-0.39, 0.29) is 0 Å². The molecule has 2 fully saturated rings. The number of nitrogens with one attached hydrogen (secondary N) is 1. The second-order valence-electron chi connectivity index (χ2n) is 7.38. The molecule has 0 unspecified atom stereocenters. The number of nitriles is 1. The molecule has 0 radical (unpaired) electrons. The van der Waals surface area contributed by atoms with Crippen molar-refractivity contribution in [1.82, 2.24) is 15.3 Å². The molecular formula is C20H25N5O. The van der Waals surface area contributed by atoms with Crippen LogP contribution in [0.25, 0.3) is 11.0 Å². The number of fused-ring (bicyclic) bond motifs is 1. The highest BCUT2D eigenvalue weighted by atomic mass is 16.5. The first-order valence-electron chi connectivity index (χ1n) is 9.41. The number of hydrogen-bond acceptors (Lipinski definition) is 6. The summed E-state index contributed by atoms with van der Waals surface area (Å²) < 4.78 is 5.19. The van der Waals surface area contributed by atoms with Crippen molar-refractivity contribution in [2.75, 3.05) is 38.3 Å². The summed E-state index contributed by atoms with van der Waals surface area (Å²) in [6.07, 6.45) is 7.31. The molecule has 1 saturated carbocycles. The van der Waals surface area contributed by atoms with E-state index in [2.05, 4.69) is 26.3 Å². The smallest absolute Gasteiger partial charge is 0.113 e. The summed E-state index contributed by atoms with van der Waals surface area (Å²) in [5.74, 6) is 1.58. The molecule has 1 N–H and O–H groups in total. The number of ether oxygens (including phenoxy) is 1. The normalized spacial score (nSPS) is 23.2. The van der Waals surface area contributed by atoms with Crippen molar-refractivity contribution in [3.05, 3.63) is 30.1 Å². The molecule has 136 valence electrons. The van der Waals surface area contributed by atoms with Crippen LogP contribution >= 0.6 is 0 Å². The van der Waals surface area contributed by atoms with Crippen LogP contribution in [0.4, 0.5) is 5.69 Å². The molecule has 0 spiro atoms. The van der Waals surface area contributed by atoms with E-state index in [1.165, 1.54) is 19.3 Å². The highest BCUT2D eigenvalue weighted by Crippen LogP contribution is 2.42. The van der Waals surface area contributed by atoms with E-state index in [9.17, 15) is 5.26 Å². The first-order valence-corrected chi connectivity index (χ1v) is 9.41. The van der Waals surface area contributed by atoms with Crippen LogP contribution in [0.2, 0.25) is 0 Å². The van der Waals surface area contributed by atoms with Crippen molar-refractivity contribution >= 4 is 16.7 Å². The Morgan fingerprint density at radius 1 is 1.19 bits per heavy atom. The van der Waals surface area contributed by atoms with Gasteiger partial charge < -0.3 is 15.0 Å². The van der Waals surface area contributed by atoms with E-state index < -0.39 is 0 Å². The molecule has 26 heavy (non-hydrogen) atoms. The van der Waals surface area contributed by atoms with E-state index in [0.29, 0.717) is 23.0 Å². The summed E-state index contributed by atoms with van der Waals surface area (Å²) in [5.41, 5.74) is 3.21. The minimum Gasteiger partial charge on any atom is -0.383 e. The van der Waals surface area contributed by atoms with Crippen molar-refractivity contribution < 1.29 is 4.74 Å². The van der Waals surface area contributed by atoms with Crippen LogP contribution in [0.5, 0.6) is 0 Å². The molecule has 1 aromatic heterocycles. The minimum absolute atomic E-state index is 0.451. The van der Waals surface area contributed by atoms with Gasteiger partial charge >= 0.3 is 0 Å². The highest BCUT2D eigenvalue weighted by Gasteiger charge is 2.37. The summed E-state index contributed by atoms with van der Waals surface area (Å²) in [5, 5.41) is 13.0. The van der Waals surface area contributed by atoms with Crippen LogP contribution in [0, 0.1) is 23.2 Å². The molecule has 4 rings (SSSR count). The van der Waals surface area contributed by atoms with E-state index in [4.69, 9.17) is 4.74 Å². The quantitative estimate of drug-likeness (QED) is 0.805. The van der Waals surface area contributed by atoms with Crippen molar-refractivity contribution in [2.45, 2.75) is 25.3 Å². The van der Waals surface area contributed by atoms with Gasteiger partial charge in [-0.25, -0.2) is 0 Å². The molecule has 1 aliphatic carbocycles. The third-order valence-corrected chi connectivity index (χ3v) is 5.58. The van der Waals surface area contributed by atoms with Crippen LogP contribution in [0.1, 0.15) is 24.8 Å². The molecule has 0 bridgehead atoms. The number of rotatable bonds is 6. The van der Waals surface area contributed by atoms with Gasteiger partial charge in [-0.3, -0.25) is 9.97 Å². The molecule has 2 heterocycles. The van der Waals surface area contributed by atoms with Crippen LogP contribution < -0.4 is 10.2 Å². The monoisotopic (exact) mass is 351 g/mol. The second kappa shape index (κ2) is 7.56. The van der Waals surface area contributed by atoms with Gasteiger partial charge in [0.2, 0.25) is 0 Å². The van der Waals surface area contributed by atoms with Crippen molar-refractivity contribution in [3.8, 4) is 6.07 Å². The maximum absolute atomic E-state index is 9.37. The van der Waals surface area contributed by atoms with Crippen LogP contribution in [0.15, 0.2) is 24.5 Å². The fourth-order valence-electron chi connectivity index (χ4n) is 4.15. The fraction of sp³-hybridized carbons (Fsp3) is 0.550. The zero-order valence-electron chi connectivity index (χ0n) is 15.2. The Morgan fingerprint density at radius 2 is 2.00 bits per heavy atom. The molecule has 2 aromatic rings. The Kier molecular flexibility index (Phi) is 5.00. The first kappa shape index (κ1) is 17.2. The highest BCUT2D eigenvalue weighted by molar-refractivity contribution is 5.92. The van der Waals surface area contributed by atoms with Gasteiger partial charge in [-0.05, 0) is 43.2 Å². The van der Waals surface area contributed by atoms with Gasteiger partial charge in [-0.15, -0.1) is 0 Å². The lowest BCUT2D eigenvalue weighted by Gasteiger charge is -2.40. The predicted octanol–water partition coefficient (Wildman–Crippen LogP) is 2.34. The third-order valence-electron chi connectivity index (χ3n) is 5.58. The standard InChI is InChI=1S/C20H25N5O/c1-26-9-8-22-17-10-16(14-2-3-14)12-25(13-17)18-5-4-15(11-21)19-20(18)24-7-6-23-19/h4-7,14,16-17,22H,2-3,8-10,12-13H2,1H3/t16-,17+/m1/s1. The van der Waals surface area contributed by atoms with E-state index in [1.54, 1.807) is 19.5 Å². The Labute approximate surface area is 154 Å². The average Bonchev–Trinajstić information content (AvgIpc) is 3.52. The Morgan fingerprint density at radius 3 is 2.73 bits per heavy atom. The summed E-state index contributed by atoms with van der Waals surface area (Å²) >= 11 is 0. The number of piperidine rings is 1. The van der Waals surface area contributed by atoms with Gasteiger partial charge in [0.15, 0.2) is 0 Å². The zero-order chi connectivity index (χ0) is 17.9. The second-order valence-corrected chi connectivity index (χ2v) is 7.38. The Bertz CT molecular complexity index is 813. The molecular weight excluding hydrogens is 326 g/mol. The van der Waals surface area contributed by atoms with E-state index in [1.807, 2.05) is 12.1 Å². The molecule has 2 atom stereocenters. The predicted molar refractivity (Wildman–Crippen MR) is 101 cm³/mol. The van der Waals surface area contributed by atoms with E-state index >= 15 is 0 Å². The SMILES string of the molecule is COCCN[C@H]1C[C@@H](C2CC2)CN(c2ccc(C#N)c3nccnc23)C1. The topological polar surface area (TPSA) is 74.1 Å². The largest absolute Gasteiger partial charge is 0.383 e. The van der Waals surface area contributed by atoms with Crippen LogP contribution in [-0.4, -0.2) is 49.4 Å². The van der Waals surface area contributed by atoms with E-state index in [0.717, 1.165) is 43.4 Å². The number of anilines is 1. The summed E-state index contributed by atoms with van der Waals surface area (Å²) in [6, 6.07) is 6.60. The molecule has 1 aliphatic heterocycles. The molecule has 0 amide bonds. The lowest BCUT2D eigenvalue weighted by Crippen LogP contribution is -2.50. The maximum atomic E-state index is 9.37.